The van der Waals surface area contributed by atoms with Gasteiger partial charge < -0.3 is 15.8 Å². The molecule has 0 aliphatic carbocycles. The molecular weight excluding hydrogens is 393 g/mol. The van der Waals surface area contributed by atoms with Crippen LogP contribution in [-0.4, -0.2) is 21.0 Å². The lowest BCUT2D eigenvalue weighted by Crippen LogP contribution is -2.08. The summed E-state index contributed by atoms with van der Waals surface area (Å²) in [6.07, 6.45) is 4.11. The minimum Gasteiger partial charge on any atom is -0.438 e. The predicted molar refractivity (Wildman–Crippen MR) is 118 cm³/mol. The number of rotatable bonds is 4. The summed E-state index contributed by atoms with van der Waals surface area (Å²) in [5, 5.41) is 3.32. The number of benzene rings is 2. The van der Waals surface area contributed by atoms with Crippen molar-refractivity contribution in [2.75, 3.05) is 11.1 Å². The summed E-state index contributed by atoms with van der Waals surface area (Å²) in [5.74, 6) is 1.55. The number of para-hydroxylation sites is 1. The van der Waals surface area contributed by atoms with E-state index < -0.39 is 0 Å². The van der Waals surface area contributed by atoms with E-state index in [1.165, 1.54) is 12.3 Å². The van der Waals surface area contributed by atoms with E-state index in [9.17, 15) is 0 Å². The molecule has 0 saturated heterocycles. The summed E-state index contributed by atoms with van der Waals surface area (Å²) in [7, 11) is 0. The molecule has 2 aromatic carbocycles. The number of nitrogens with one attached hydrogen (secondary N) is 1. The Hall–Kier alpha value is -4.00. The molecule has 1 aliphatic rings. The van der Waals surface area contributed by atoms with E-state index in [0.717, 1.165) is 28.9 Å². The molecule has 1 unspecified atom stereocenters. The number of aromatic nitrogens is 3. The van der Waals surface area contributed by atoms with Gasteiger partial charge in [-0.05, 0) is 42.7 Å². The molecule has 2 aromatic heterocycles. The smallest absolute Gasteiger partial charge is 0.224 e. The summed E-state index contributed by atoms with van der Waals surface area (Å²) < 4.78 is 21.0. The number of fused-ring (bicyclic) bond motifs is 1. The van der Waals surface area contributed by atoms with Gasteiger partial charge in [0.05, 0.1) is 0 Å². The van der Waals surface area contributed by atoms with Gasteiger partial charge in [-0.2, -0.15) is 4.98 Å². The van der Waals surface area contributed by atoms with Crippen LogP contribution in [-0.2, 0) is 6.42 Å². The second-order valence-corrected chi connectivity index (χ2v) is 7.53. The number of ether oxygens (including phenoxy) is 1. The molecule has 1 aliphatic heterocycles. The standard InChI is InChI=1S/C24H20FN5O/c1-14-10-16-11-17(13-28-23(16)29-14)18-7-6-15(12-20(18)25)19-4-2-3-5-21(19)31-22-8-9-27-24(26)30-22/h2-9,11-14H,10H2,1H3,(H,28,29)(H2,26,27,30). The van der Waals surface area contributed by atoms with Gasteiger partial charge >= 0.3 is 0 Å². The molecule has 5 rings (SSSR count). The summed E-state index contributed by atoms with van der Waals surface area (Å²) in [6.45, 7) is 2.10. The molecule has 4 aromatic rings. The molecule has 0 fully saturated rings. The van der Waals surface area contributed by atoms with Crippen LogP contribution in [0.15, 0.2) is 67.0 Å². The summed E-state index contributed by atoms with van der Waals surface area (Å²) in [6, 6.07) is 16.5. The third kappa shape index (κ3) is 3.77. The normalized spacial score (nSPS) is 14.7. The second kappa shape index (κ2) is 7.68. The van der Waals surface area contributed by atoms with Crippen LogP contribution in [0.3, 0.4) is 0 Å². The van der Waals surface area contributed by atoms with E-state index >= 15 is 4.39 Å². The number of nitrogen functional groups attached to an aromatic ring is 1. The number of hydrogen-bond donors (Lipinski definition) is 2. The Balaban J connectivity index is 1.48. The maximum Gasteiger partial charge on any atom is 0.224 e. The molecule has 7 heteroatoms. The van der Waals surface area contributed by atoms with Gasteiger partial charge in [0.25, 0.3) is 0 Å². The minimum atomic E-state index is -0.320. The third-order valence-corrected chi connectivity index (χ3v) is 5.22. The van der Waals surface area contributed by atoms with Gasteiger partial charge in [0, 0.05) is 41.2 Å². The summed E-state index contributed by atoms with van der Waals surface area (Å²) in [4.78, 5) is 12.4. The Labute approximate surface area is 179 Å². The van der Waals surface area contributed by atoms with Crippen molar-refractivity contribution in [1.82, 2.24) is 15.0 Å². The van der Waals surface area contributed by atoms with Crippen molar-refractivity contribution in [2.24, 2.45) is 0 Å². The lowest BCUT2D eigenvalue weighted by molar-refractivity contribution is 0.464. The van der Waals surface area contributed by atoms with Gasteiger partial charge in [-0.15, -0.1) is 0 Å². The fraction of sp³-hybridized carbons (Fsp3) is 0.125. The highest BCUT2D eigenvalue weighted by atomic mass is 19.1. The fourth-order valence-electron chi connectivity index (χ4n) is 3.79. The minimum absolute atomic E-state index is 0.123. The van der Waals surface area contributed by atoms with E-state index in [-0.39, 0.29) is 11.8 Å². The Morgan fingerprint density at radius 2 is 1.90 bits per heavy atom. The molecule has 0 spiro atoms. The van der Waals surface area contributed by atoms with Crippen LogP contribution in [0.4, 0.5) is 16.2 Å². The molecular formula is C24H20FN5O. The van der Waals surface area contributed by atoms with Crippen LogP contribution in [0.5, 0.6) is 11.6 Å². The van der Waals surface area contributed by atoms with Crippen molar-refractivity contribution < 1.29 is 9.13 Å². The van der Waals surface area contributed by atoms with Crippen molar-refractivity contribution in [3.8, 4) is 33.9 Å². The molecule has 6 nitrogen and oxygen atoms in total. The number of anilines is 2. The average molecular weight is 413 g/mol. The third-order valence-electron chi connectivity index (χ3n) is 5.22. The maximum atomic E-state index is 15.1. The molecule has 31 heavy (non-hydrogen) atoms. The zero-order valence-electron chi connectivity index (χ0n) is 16.8. The number of nitrogens with zero attached hydrogens (tertiary/aromatic N) is 3. The zero-order chi connectivity index (χ0) is 21.4. The number of nitrogens with two attached hydrogens (primary N) is 1. The van der Waals surface area contributed by atoms with Gasteiger partial charge in [-0.1, -0.05) is 30.3 Å². The van der Waals surface area contributed by atoms with Crippen LogP contribution < -0.4 is 15.8 Å². The van der Waals surface area contributed by atoms with Crippen LogP contribution in [0, 0.1) is 5.82 Å². The zero-order valence-corrected chi connectivity index (χ0v) is 16.8. The topological polar surface area (TPSA) is 86.0 Å². The number of pyridine rings is 1. The first kappa shape index (κ1) is 19.0. The molecule has 0 bridgehead atoms. The van der Waals surface area contributed by atoms with E-state index in [0.29, 0.717) is 28.8 Å². The molecule has 154 valence electrons. The molecule has 0 amide bonds. The van der Waals surface area contributed by atoms with Crippen LogP contribution >= 0.6 is 0 Å². The number of halogens is 1. The van der Waals surface area contributed by atoms with Crippen molar-refractivity contribution >= 4 is 11.8 Å². The monoisotopic (exact) mass is 413 g/mol. The van der Waals surface area contributed by atoms with Crippen LogP contribution in [0.25, 0.3) is 22.3 Å². The number of hydrogen-bond acceptors (Lipinski definition) is 6. The van der Waals surface area contributed by atoms with Gasteiger partial charge in [-0.3, -0.25) is 0 Å². The Kier molecular flexibility index (Phi) is 4.71. The quantitative estimate of drug-likeness (QED) is 0.485. The van der Waals surface area contributed by atoms with Gasteiger partial charge in [0.1, 0.15) is 17.4 Å². The van der Waals surface area contributed by atoms with Crippen molar-refractivity contribution in [2.45, 2.75) is 19.4 Å². The van der Waals surface area contributed by atoms with Gasteiger partial charge in [-0.25, -0.2) is 14.4 Å². The fourth-order valence-corrected chi connectivity index (χ4v) is 3.79. The SMILES string of the molecule is CC1Cc2cc(-c3ccc(-c4ccccc4Oc4ccnc(N)n4)cc3F)cnc2N1. The lowest BCUT2D eigenvalue weighted by Gasteiger charge is -2.12. The highest BCUT2D eigenvalue weighted by Crippen LogP contribution is 2.36. The lowest BCUT2D eigenvalue weighted by atomic mass is 9.99. The van der Waals surface area contributed by atoms with Crippen molar-refractivity contribution in [3.63, 3.8) is 0 Å². The Morgan fingerprint density at radius 3 is 2.74 bits per heavy atom. The molecule has 3 N–H and O–H groups in total. The van der Waals surface area contributed by atoms with E-state index in [4.69, 9.17) is 10.5 Å². The van der Waals surface area contributed by atoms with Crippen LogP contribution in [0.1, 0.15) is 12.5 Å². The van der Waals surface area contributed by atoms with Crippen molar-refractivity contribution in [3.05, 3.63) is 78.4 Å². The maximum absolute atomic E-state index is 15.1. The van der Waals surface area contributed by atoms with E-state index in [1.807, 2.05) is 30.3 Å². The van der Waals surface area contributed by atoms with Crippen molar-refractivity contribution in [1.29, 1.82) is 0 Å². The molecule has 0 radical (unpaired) electrons. The van der Waals surface area contributed by atoms with E-state index in [1.54, 1.807) is 24.4 Å². The first-order chi connectivity index (χ1) is 15.1. The molecule has 3 heterocycles. The largest absolute Gasteiger partial charge is 0.438 e. The Morgan fingerprint density at radius 1 is 1.03 bits per heavy atom. The first-order valence-corrected chi connectivity index (χ1v) is 9.98. The highest BCUT2D eigenvalue weighted by Gasteiger charge is 2.19. The average Bonchev–Trinajstić information content (AvgIpc) is 3.13. The van der Waals surface area contributed by atoms with Gasteiger partial charge in [0.15, 0.2) is 0 Å². The summed E-state index contributed by atoms with van der Waals surface area (Å²) in [5.41, 5.74) is 9.46. The predicted octanol–water partition coefficient (Wildman–Crippen LogP) is 5.08. The second-order valence-electron chi connectivity index (χ2n) is 7.53. The van der Waals surface area contributed by atoms with Crippen LogP contribution in [0.2, 0.25) is 0 Å². The van der Waals surface area contributed by atoms with Gasteiger partial charge in [0.2, 0.25) is 11.8 Å². The summed E-state index contributed by atoms with van der Waals surface area (Å²) >= 11 is 0. The first-order valence-electron chi connectivity index (χ1n) is 9.98. The highest BCUT2D eigenvalue weighted by molar-refractivity contribution is 5.75. The van der Waals surface area contributed by atoms with E-state index in [2.05, 4.69) is 27.2 Å². The Bertz CT molecular complexity index is 1280. The molecule has 1 atom stereocenters. The molecule has 0 saturated carbocycles.